The molecular formula is C27H25FN2O4. The molecule has 1 N–H and O–H groups in total. The summed E-state index contributed by atoms with van der Waals surface area (Å²) in [4.78, 5) is 28.2. The van der Waals surface area contributed by atoms with Crippen molar-refractivity contribution >= 4 is 11.8 Å². The van der Waals surface area contributed by atoms with Crippen LogP contribution >= 0.6 is 0 Å². The number of nitrogens with zero attached hydrogens (tertiary/aromatic N) is 1. The summed E-state index contributed by atoms with van der Waals surface area (Å²) >= 11 is 0. The van der Waals surface area contributed by atoms with E-state index in [9.17, 15) is 14.0 Å². The summed E-state index contributed by atoms with van der Waals surface area (Å²) in [6.45, 7) is 1.55. The highest BCUT2D eigenvalue weighted by Crippen LogP contribution is 2.34. The van der Waals surface area contributed by atoms with Gasteiger partial charge < -0.3 is 19.7 Å². The van der Waals surface area contributed by atoms with Gasteiger partial charge in [-0.3, -0.25) is 9.59 Å². The van der Waals surface area contributed by atoms with Gasteiger partial charge in [0.05, 0.1) is 5.56 Å². The lowest BCUT2D eigenvalue weighted by molar-refractivity contribution is 0.0736. The van der Waals surface area contributed by atoms with Gasteiger partial charge >= 0.3 is 0 Å². The minimum absolute atomic E-state index is 0.0921. The van der Waals surface area contributed by atoms with Gasteiger partial charge in [0, 0.05) is 24.7 Å². The van der Waals surface area contributed by atoms with Crippen molar-refractivity contribution in [1.29, 1.82) is 0 Å². The summed E-state index contributed by atoms with van der Waals surface area (Å²) in [6.07, 6.45) is 1.88. The van der Waals surface area contributed by atoms with Crippen molar-refractivity contribution in [2.45, 2.75) is 18.9 Å². The number of ether oxygens (including phenoxy) is 2. The number of nitrogens with one attached hydrogen (secondary N) is 1. The van der Waals surface area contributed by atoms with E-state index in [2.05, 4.69) is 5.32 Å². The smallest absolute Gasteiger partial charge is 0.255 e. The molecule has 1 aliphatic carbocycles. The van der Waals surface area contributed by atoms with Crippen LogP contribution in [0.3, 0.4) is 0 Å². The largest absolute Gasteiger partial charge is 0.486 e. The Balaban J connectivity index is 1.29. The number of para-hydroxylation sites is 1. The lowest BCUT2D eigenvalue weighted by atomic mass is 9.98. The molecule has 6 nitrogen and oxygen atoms in total. The first-order valence-corrected chi connectivity index (χ1v) is 11.4. The Kier molecular flexibility index (Phi) is 6.16. The van der Waals surface area contributed by atoms with Gasteiger partial charge in [0.2, 0.25) is 0 Å². The van der Waals surface area contributed by atoms with E-state index in [1.807, 2.05) is 23.1 Å². The van der Waals surface area contributed by atoms with Crippen molar-refractivity contribution in [3.63, 3.8) is 0 Å². The van der Waals surface area contributed by atoms with Gasteiger partial charge in [-0.05, 0) is 54.3 Å². The third-order valence-corrected chi connectivity index (χ3v) is 6.01. The van der Waals surface area contributed by atoms with Crippen molar-refractivity contribution in [3.05, 3.63) is 83.7 Å². The highest BCUT2D eigenvalue weighted by atomic mass is 19.1. The lowest BCUT2D eigenvalue weighted by Crippen LogP contribution is -2.40. The molecule has 2 amide bonds. The lowest BCUT2D eigenvalue weighted by Gasteiger charge is -2.24. The predicted octanol–water partition coefficient (Wildman–Crippen LogP) is 4.30. The Hall–Kier alpha value is -3.87. The standard InChI is InChI=1S/C27H25FN2O4/c28-19-10-8-18(9-11-19)21-4-1-2-5-22(21)27(32)30(20-12-13-20)15-14-29-26(31)23-6-3-7-24-25(23)34-17-16-33-24/h1-11,20H,12-17H2,(H,29,31). The molecule has 0 spiro atoms. The number of hydrogen-bond donors (Lipinski definition) is 1. The second-order valence-electron chi connectivity index (χ2n) is 8.37. The summed E-state index contributed by atoms with van der Waals surface area (Å²) in [5.41, 5.74) is 2.53. The van der Waals surface area contributed by atoms with Crippen LogP contribution in [-0.2, 0) is 0 Å². The first kappa shape index (κ1) is 21.9. The number of fused-ring (bicyclic) bond motifs is 1. The van der Waals surface area contributed by atoms with Crippen LogP contribution in [0.2, 0.25) is 0 Å². The molecule has 34 heavy (non-hydrogen) atoms. The molecule has 0 unspecified atom stereocenters. The predicted molar refractivity (Wildman–Crippen MR) is 126 cm³/mol. The Morgan fingerprint density at radius 1 is 0.912 bits per heavy atom. The average molecular weight is 461 g/mol. The minimum Gasteiger partial charge on any atom is -0.486 e. The Morgan fingerprint density at radius 2 is 1.65 bits per heavy atom. The number of hydrogen-bond acceptors (Lipinski definition) is 4. The Morgan fingerprint density at radius 3 is 2.44 bits per heavy atom. The maximum Gasteiger partial charge on any atom is 0.255 e. The fourth-order valence-electron chi connectivity index (χ4n) is 4.18. The monoisotopic (exact) mass is 460 g/mol. The summed E-state index contributed by atoms with van der Waals surface area (Å²) in [7, 11) is 0. The van der Waals surface area contributed by atoms with E-state index in [1.54, 1.807) is 36.4 Å². The molecule has 0 saturated heterocycles. The zero-order chi connectivity index (χ0) is 23.5. The normalized spacial score (nSPS) is 14.4. The summed E-state index contributed by atoms with van der Waals surface area (Å²) in [6, 6.07) is 18.9. The molecule has 0 radical (unpaired) electrons. The van der Waals surface area contributed by atoms with E-state index in [0.717, 1.165) is 24.0 Å². The van der Waals surface area contributed by atoms with E-state index < -0.39 is 0 Å². The third kappa shape index (κ3) is 4.59. The molecule has 5 rings (SSSR count). The number of amides is 2. The van der Waals surface area contributed by atoms with Crippen LogP contribution in [0.5, 0.6) is 11.5 Å². The summed E-state index contributed by atoms with van der Waals surface area (Å²) < 4.78 is 24.6. The number of halogens is 1. The second kappa shape index (κ2) is 9.55. The molecule has 1 aliphatic heterocycles. The van der Waals surface area contributed by atoms with Crippen LogP contribution in [0.25, 0.3) is 11.1 Å². The van der Waals surface area contributed by atoms with Crippen LogP contribution in [0.15, 0.2) is 66.7 Å². The van der Waals surface area contributed by atoms with E-state index in [-0.39, 0.29) is 23.7 Å². The fraction of sp³-hybridized carbons (Fsp3) is 0.259. The Bertz CT molecular complexity index is 1210. The first-order chi connectivity index (χ1) is 16.6. The second-order valence-corrected chi connectivity index (χ2v) is 8.37. The van der Waals surface area contributed by atoms with Crippen LogP contribution < -0.4 is 14.8 Å². The fourth-order valence-corrected chi connectivity index (χ4v) is 4.18. The third-order valence-electron chi connectivity index (χ3n) is 6.01. The van der Waals surface area contributed by atoms with Gasteiger partial charge in [-0.25, -0.2) is 4.39 Å². The molecule has 3 aromatic rings. The van der Waals surface area contributed by atoms with Crippen molar-refractivity contribution in [3.8, 4) is 22.6 Å². The van der Waals surface area contributed by atoms with Gasteiger partial charge in [-0.1, -0.05) is 36.4 Å². The molecule has 3 aromatic carbocycles. The molecule has 1 heterocycles. The number of carbonyl (C=O) groups excluding carboxylic acids is 2. The summed E-state index contributed by atoms with van der Waals surface area (Å²) in [5.74, 6) is 0.336. The quantitative estimate of drug-likeness (QED) is 0.571. The van der Waals surface area contributed by atoms with Gasteiger partial charge in [0.1, 0.15) is 19.0 Å². The van der Waals surface area contributed by atoms with Gasteiger partial charge in [0.25, 0.3) is 11.8 Å². The maximum atomic E-state index is 13.5. The maximum absolute atomic E-state index is 13.5. The van der Waals surface area contributed by atoms with E-state index >= 15 is 0 Å². The van der Waals surface area contributed by atoms with Gasteiger partial charge in [-0.2, -0.15) is 0 Å². The summed E-state index contributed by atoms with van der Waals surface area (Å²) in [5, 5.41) is 2.91. The number of benzene rings is 3. The van der Waals surface area contributed by atoms with E-state index in [1.165, 1.54) is 12.1 Å². The molecule has 0 atom stereocenters. The molecule has 0 bridgehead atoms. The molecular weight excluding hydrogens is 435 g/mol. The zero-order valence-corrected chi connectivity index (χ0v) is 18.6. The topological polar surface area (TPSA) is 67.9 Å². The average Bonchev–Trinajstić information content (AvgIpc) is 3.71. The van der Waals surface area contributed by atoms with Gasteiger partial charge in [-0.15, -0.1) is 0 Å². The van der Waals surface area contributed by atoms with Crippen molar-refractivity contribution < 1.29 is 23.5 Å². The van der Waals surface area contributed by atoms with Crippen molar-refractivity contribution in [2.75, 3.05) is 26.3 Å². The van der Waals surface area contributed by atoms with Crippen LogP contribution in [0.4, 0.5) is 4.39 Å². The minimum atomic E-state index is -0.320. The van der Waals surface area contributed by atoms with Gasteiger partial charge in [0.15, 0.2) is 11.5 Å². The van der Waals surface area contributed by atoms with Crippen LogP contribution in [0, 0.1) is 5.82 Å². The highest BCUT2D eigenvalue weighted by molar-refractivity contribution is 6.01. The van der Waals surface area contributed by atoms with E-state index in [4.69, 9.17) is 9.47 Å². The zero-order valence-electron chi connectivity index (χ0n) is 18.6. The molecule has 1 fully saturated rings. The molecule has 1 saturated carbocycles. The van der Waals surface area contributed by atoms with Crippen molar-refractivity contribution in [1.82, 2.24) is 10.2 Å². The van der Waals surface area contributed by atoms with E-state index in [0.29, 0.717) is 48.9 Å². The molecule has 7 heteroatoms. The SMILES string of the molecule is O=C(NCCN(C(=O)c1ccccc1-c1ccc(F)cc1)C1CC1)c1cccc2c1OCCO2. The number of rotatable bonds is 7. The highest BCUT2D eigenvalue weighted by Gasteiger charge is 2.33. The molecule has 0 aromatic heterocycles. The first-order valence-electron chi connectivity index (χ1n) is 11.4. The number of carbonyl (C=O) groups is 2. The molecule has 174 valence electrons. The Labute approximate surface area is 197 Å². The van der Waals surface area contributed by atoms with Crippen LogP contribution in [-0.4, -0.2) is 49.1 Å². The molecule has 2 aliphatic rings. The van der Waals surface area contributed by atoms with Crippen LogP contribution in [0.1, 0.15) is 33.6 Å². The van der Waals surface area contributed by atoms with Crippen molar-refractivity contribution in [2.24, 2.45) is 0 Å².